The Hall–Kier alpha value is -2.95. The Labute approximate surface area is 165 Å². The van der Waals surface area contributed by atoms with Crippen molar-refractivity contribution in [2.45, 2.75) is 39.8 Å². The van der Waals surface area contributed by atoms with E-state index in [2.05, 4.69) is 5.32 Å². The molecule has 0 heterocycles. The van der Waals surface area contributed by atoms with E-state index in [0.717, 1.165) is 5.56 Å². The van der Waals surface area contributed by atoms with E-state index in [0.29, 0.717) is 24.2 Å². The van der Waals surface area contributed by atoms with Crippen LogP contribution in [0.1, 0.15) is 43.1 Å². The van der Waals surface area contributed by atoms with Crippen molar-refractivity contribution in [3.63, 3.8) is 0 Å². The van der Waals surface area contributed by atoms with Crippen LogP contribution >= 0.6 is 0 Å². The Morgan fingerprint density at radius 2 is 1.64 bits per heavy atom. The Morgan fingerprint density at radius 3 is 2.21 bits per heavy atom. The third-order valence-corrected chi connectivity index (χ3v) is 5.11. The first-order valence-electron chi connectivity index (χ1n) is 9.63. The number of ketones is 1. The van der Waals surface area contributed by atoms with Gasteiger partial charge in [0.1, 0.15) is 0 Å². The SMILES string of the molecule is CC(=O)c1ccc(NC(=O)C2CC2C(=O)N(Cc2ccccc2)C(C)C)cc1. The minimum atomic E-state index is -0.294. The number of anilines is 1. The lowest BCUT2D eigenvalue weighted by Crippen LogP contribution is -2.38. The smallest absolute Gasteiger partial charge is 0.228 e. The molecule has 2 aromatic carbocycles. The van der Waals surface area contributed by atoms with Crippen molar-refractivity contribution in [3.8, 4) is 0 Å². The highest BCUT2D eigenvalue weighted by Crippen LogP contribution is 2.41. The molecule has 0 radical (unpaired) electrons. The van der Waals surface area contributed by atoms with Gasteiger partial charge in [0.05, 0.1) is 11.8 Å². The second-order valence-corrected chi connectivity index (χ2v) is 7.62. The topological polar surface area (TPSA) is 66.5 Å². The van der Waals surface area contributed by atoms with Crippen LogP contribution < -0.4 is 5.32 Å². The fraction of sp³-hybridized carbons (Fsp3) is 0.348. The minimum Gasteiger partial charge on any atom is -0.336 e. The van der Waals surface area contributed by atoms with E-state index in [1.54, 1.807) is 24.3 Å². The van der Waals surface area contributed by atoms with Gasteiger partial charge in [-0.1, -0.05) is 30.3 Å². The number of carbonyl (C=O) groups is 3. The number of hydrogen-bond acceptors (Lipinski definition) is 3. The van der Waals surface area contributed by atoms with Gasteiger partial charge in [0, 0.05) is 23.8 Å². The molecule has 2 aromatic rings. The molecule has 1 saturated carbocycles. The highest BCUT2D eigenvalue weighted by molar-refractivity contribution is 6.00. The van der Waals surface area contributed by atoms with Crippen LogP contribution in [0, 0.1) is 11.8 Å². The number of Topliss-reactive ketones (excluding diaryl/α,β-unsaturated/α-hetero) is 1. The van der Waals surface area contributed by atoms with E-state index in [4.69, 9.17) is 0 Å². The van der Waals surface area contributed by atoms with Gasteiger partial charge in [-0.2, -0.15) is 0 Å². The van der Waals surface area contributed by atoms with Crippen LogP contribution in [0.2, 0.25) is 0 Å². The zero-order valence-electron chi connectivity index (χ0n) is 16.5. The van der Waals surface area contributed by atoms with Crippen molar-refractivity contribution in [3.05, 3.63) is 65.7 Å². The lowest BCUT2D eigenvalue weighted by Gasteiger charge is -2.27. The molecule has 1 N–H and O–H groups in total. The van der Waals surface area contributed by atoms with Crippen LogP contribution in [0.25, 0.3) is 0 Å². The van der Waals surface area contributed by atoms with Crippen molar-refractivity contribution in [1.82, 2.24) is 4.90 Å². The van der Waals surface area contributed by atoms with Crippen LogP contribution in [-0.2, 0) is 16.1 Å². The highest BCUT2D eigenvalue weighted by atomic mass is 16.2. The van der Waals surface area contributed by atoms with Crippen molar-refractivity contribution in [2.75, 3.05) is 5.32 Å². The second-order valence-electron chi connectivity index (χ2n) is 7.62. The van der Waals surface area contributed by atoms with Crippen molar-refractivity contribution in [1.29, 1.82) is 0 Å². The molecule has 1 aliphatic rings. The third-order valence-electron chi connectivity index (χ3n) is 5.11. The van der Waals surface area contributed by atoms with Gasteiger partial charge in [0.2, 0.25) is 11.8 Å². The monoisotopic (exact) mass is 378 g/mol. The number of hydrogen-bond donors (Lipinski definition) is 1. The molecule has 1 aliphatic carbocycles. The zero-order chi connectivity index (χ0) is 20.3. The third kappa shape index (κ3) is 4.66. The van der Waals surface area contributed by atoms with E-state index in [1.807, 2.05) is 49.1 Å². The Balaban J connectivity index is 1.60. The number of benzene rings is 2. The van der Waals surface area contributed by atoms with E-state index in [1.165, 1.54) is 6.92 Å². The number of rotatable bonds is 7. The predicted molar refractivity (Wildman–Crippen MR) is 109 cm³/mol. The van der Waals surface area contributed by atoms with Gasteiger partial charge in [-0.25, -0.2) is 0 Å². The number of carbonyl (C=O) groups excluding carboxylic acids is 3. The Kier molecular flexibility index (Phi) is 5.93. The van der Waals surface area contributed by atoms with Crippen LogP contribution in [0.5, 0.6) is 0 Å². The molecular formula is C23H26N2O3. The summed E-state index contributed by atoms with van der Waals surface area (Å²) in [6.07, 6.45) is 0.578. The molecule has 3 rings (SSSR count). The molecule has 2 unspecified atom stereocenters. The number of nitrogens with one attached hydrogen (secondary N) is 1. The van der Waals surface area contributed by atoms with Crippen molar-refractivity contribution >= 4 is 23.3 Å². The lowest BCUT2D eigenvalue weighted by atomic mass is 10.1. The van der Waals surface area contributed by atoms with E-state index in [-0.39, 0.29) is 35.5 Å². The van der Waals surface area contributed by atoms with Crippen LogP contribution in [-0.4, -0.2) is 28.5 Å². The van der Waals surface area contributed by atoms with Crippen LogP contribution in [0.4, 0.5) is 5.69 Å². The molecule has 5 nitrogen and oxygen atoms in total. The maximum Gasteiger partial charge on any atom is 0.228 e. The molecule has 0 spiro atoms. The second kappa shape index (κ2) is 8.38. The maximum atomic E-state index is 12.9. The lowest BCUT2D eigenvalue weighted by molar-refractivity contribution is -0.136. The first kappa shape index (κ1) is 19.8. The molecule has 0 aromatic heterocycles. The van der Waals surface area contributed by atoms with E-state index < -0.39 is 0 Å². The fourth-order valence-electron chi connectivity index (χ4n) is 3.29. The Bertz CT molecular complexity index is 859. The van der Waals surface area contributed by atoms with Gasteiger partial charge in [0.15, 0.2) is 5.78 Å². The normalized spacial score (nSPS) is 17.9. The zero-order valence-corrected chi connectivity index (χ0v) is 16.5. The van der Waals surface area contributed by atoms with Gasteiger partial charge in [-0.3, -0.25) is 14.4 Å². The largest absolute Gasteiger partial charge is 0.336 e. The summed E-state index contributed by atoms with van der Waals surface area (Å²) in [7, 11) is 0. The summed E-state index contributed by atoms with van der Waals surface area (Å²) in [4.78, 5) is 38.6. The molecule has 5 heteroatoms. The van der Waals surface area contributed by atoms with Gasteiger partial charge < -0.3 is 10.2 Å². The van der Waals surface area contributed by atoms with Crippen LogP contribution in [0.3, 0.4) is 0 Å². The van der Waals surface area contributed by atoms with Gasteiger partial charge >= 0.3 is 0 Å². The Morgan fingerprint density at radius 1 is 1.00 bits per heavy atom. The van der Waals surface area contributed by atoms with E-state index in [9.17, 15) is 14.4 Å². The maximum absolute atomic E-state index is 12.9. The average Bonchev–Trinajstić information content (AvgIpc) is 3.47. The molecule has 146 valence electrons. The van der Waals surface area contributed by atoms with Crippen LogP contribution in [0.15, 0.2) is 54.6 Å². The standard InChI is InChI=1S/C23H26N2O3/c1-15(2)25(14-17-7-5-4-6-8-17)23(28)21-13-20(21)22(27)24-19-11-9-18(10-12-19)16(3)26/h4-12,15,20-21H,13-14H2,1-3H3,(H,24,27). The van der Waals surface area contributed by atoms with Gasteiger partial charge in [-0.15, -0.1) is 0 Å². The summed E-state index contributed by atoms with van der Waals surface area (Å²) in [5.74, 6) is -0.680. The summed E-state index contributed by atoms with van der Waals surface area (Å²) in [6.45, 7) is 6.04. The molecule has 1 fully saturated rings. The molecular weight excluding hydrogens is 352 g/mol. The quantitative estimate of drug-likeness (QED) is 0.743. The number of nitrogens with zero attached hydrogens (tertiary/aromatic N) is 1. The number of amides is 2. The van der Waals surface area contributed by atoms with E-state index >= 15 is 0 Å². The molecule has 2 amide bonds. The minimum absolute atomic E-state index is 0.0158. The van der Waals surface area contributed by atoms with Gasteiger partial charge in [0.25, 0.3) is 0 Å². The molecule has 0 saturated heterocycles. The molecule has 28 heavy (non-hydrogen) atoms. The summed E-state index contributed by atoms with van der Waals surface area (Å²) in [5.41, 5.74) is 2.32. The van der Waals surface area contributed by atoms with Gasteiger partial charge in [-0.05, 0) is 57.0 Å². The first-order valence-corrected chi connectivity index (χ1v) is 9.63. The predicted octanol–water partition coefficient (Wildman–Crippen LogP) is 3.90. The summed E-state index contributed by atoms with van der Waals surface area (Å²) < 4.78 is 0. The summed E-state index contributed by atoms with van der Waals surface area (Å²) in [6, 6.07) is 16.8. The van der Waals surface area contributed by atoms with Crippen molar-refractivity contribution in [2.24, 2.45) is 11.8 Å². The summed E-state index contributed by atoms with van der Waals surface area (Å²) in [5, 5.41) is 2.85. The molecule has 0 bridgehead atoms. The molecule has 2 atom stereocenters. The van der Waals surface area contributed by atoms with Crippen molar-refractivity contribution < 1.29 is 14.4 Å². The fourth-order valence-corrected chi connectivity index (χ4v) is 3.29. The summed E-state index contributed by atoms with van der Waals surface area (Å²) >= 11 is 0. The average molecular weight is 378 g/mol. The highest BCUT2D eigenvalue weighted by Gasteiger charge is 2.49. The first-order chi connectivity index (χ1) is 13.4. The molecule has 0 aliphatic heterocycles.